The van der Waals surface area contributed by atoms with E-state index in [2.05, 4.69) is 22.7 Å². The molecule has 0 aliphatic rings. The number of thiocarbonyl (C=S) groups is 1. The van der Waals surface area contributed by atoms with Crippen LogP contribution in [0.4, 0.5) is 5.69 Å². The SMILES string of the molecule is C=C(NNC(=S)Nc1cccc(C)c1)c1ccccc1O. The molecule has 2 aromatic carbocycles. The number of phenolic OH excluding ortho intramolecular Hbond substituents is 1. The normalized spacial score (nSPS) is 9.76. The molecule has 0 aromatic heterocycles. The van der Waals surface area contributed by atoms with Gasteiger partial charge in [0, 0.05) is 11.3 Å². The maximum atomic E-state index is 9.73. The summed E-state index contributed by atoms with van der Waals surface area (Å²) in [6, 6.07) is 14.8. The number of hydrogen-bond donors (Lipinski definition) is 4. The largest absolute Gasteiger partial charge is 0.507 e. The van der Waals surface area contributed by atoms with Gasteiger partial charge in [-0.1, -0.05) is 30.8 Å². The Morgan fingerprint density at radius 3 is 2.57 bits per heavy atom. The Balaban J connectivity index is 1.90. The Hall–Kier alpha value is -2.53. The summed E-state index contributed by atoms with van der Waals surface area (Å²) in [6.45, 7) is 5.87. The van der Waals surface area contributed by atoms with Crippen molar-refractivity contribution in [1.29, 1.82) is 0 Å². The van der Waals surface area contributed by atoms with Gasteiger partial charge in [0.05, 0.1) is 5.70 Å². The van der Waals surface area contributed by atoms with Crippen LogP contribution in [0.25, 0.3) is 5.70 Å². The van der Waals surface area contributed by atoms with Crippen molar-refractivity contribution in [1.82, 2.24) is 10.9 Å². The van der Waals surface area contributed by atoms with Crippen LogP contribution >= 0.6 is 12.2 Å². The predicted octanol–water partition coefficient (Wildman–Crippen LogP) is 3.16. The highest BCUT2D eigenvalue weighted by atomic mass is 32.1. The Labute approximate surface area is 129 Å². The summed E-state index contributed by atoms with van der Waals surface area (Å²) in [6.07, 6.45) is 0. The van der Waals surface area contributed by atoms with Gasteiger partial charge < -0.3 is 10.4 Å². The molecule has 0 spiro atoms. The molecule has 0 fully saturated rings. The van der Waals surface area contributed by atoms with Crippen LogP contribution in [0.1, 0.15) is 11.1 Å². The minimum Gasteiger partial charge on any atom is -0.507 e. The van der Waals surface area contributed by atoms with Crippen molar-refractivity contribution in [2.45, 2.75) is 6.92 Å². The van der Waals surface area contributed by atoms with E-state index in [1.165, 1.54) is 0 Å². The second kappa shape index (κ2) is 6.76. The fourth-order valence-corrected chi connectivity index (χ4v) is 1.98. The summed E-state index contributed by atoms with van der Waals surface area (Å²) in [4.78, 5) is 0. The number of para-hydroxylation sites is 1. The average Bonchev–Trinajstić information content (AvgIpc) is 2.45. The zero-order valence-electron chi connectivity index (χ0n) is 11.7. The van der Waals surface area contributed by atoms with E-state index < -0.39 is 0 Å². The van der Waals surface area contributed by atoms with Gasteiger partial charge in [-0.3, -0.25) is 10.9 Å². The molecule has 2 rings (SSSR count). The second-order valence-electron chi connectivity index (χ2n) is 4.57. The van der Waals surface area contributed by atoms with Gasteiger partial charge in [0.2, 0.25) is 0 Å². The molecule has 5 heteroatoms. The molecule has 0 aliphatic carbocycles. The van der Waals surface area contributed by atoms with Crippen LogP contribution in [0.2, 0.25) is 0 Å². The first-order valence-electron chi connectivity index (χ1n) is 6.43. The zero-order chi connectivity index (χ0) is 15.2. The molecular weight excluding hydrogens is 282 g/mol. The van der Waals surface area contributed by atoms with Gasteiger partial charge in [-0.25, -0.2) is 0 Å². The Morgan fingerprint density at radius 2 is 1.86 bits per heavy atom. The summed E-state index contributed by atoms with van der Waals surface area (Å²) in [5.74, 6) is 0.161. The van der Waals surface area contributed by atoms with Crippen LogP contribution < -0.4 is 16.2 Å². The van der Waals surface area contributed by atoms with E-state index in [1.807, 2.05) is 37.3 Å². The molecule has 0 radical (unpaired) electrons. The number of rotatable bonds is 4. The van der Waals surface area contributed by atoms with Crippen molar-refractivity contribution < 1.29 is 5.11 Å². The number of nitrogens with one attached hydrogen (secondary N) is 3. The lowest BCUT2D eigenvalue weighted by Crippen LogP contribution is -2.38. The van der Waals surface area contributed by atoms with Crippen molar-refractivity contribution in [2.24, 2.45) is 0 Å². The molecule has 4 nitrogen and oxygen atoms in total. The topological polar surface area (TPSA) is 56.3 Å². The van der Waals surface area contributed by atoms with Crippen molar-refractivity contribution in [3.05, 3.63) is 66.2 Å². The molecule has 108 valence electrons. The van der Waals surface area contributed by atoms with Crippen molar-refractivity contribution in [3.63, 3.8) is 0 Å². The first-order valence-corrected chi connectivity index (χ1v) is 6.84. The highest BCUT2D eigenvalue weighted by Crippen LogP contribution is 2.20. The summed E-state index contributed by atoms with van der Waals surface area (Å²) in [5, 5.41) is 13.2. The van der Waals surface area contributed by atoms with Crippen LogP contribution in [-0.2, 0) is 0 Å². The molecule has 0 unspecified atom stereocenters. The fraction of sp³-hybridized carbons (Fsp3) is 0.0625. The third kappa shape index (κ3) is 4.22. The number of phenols is 1. The Morgan fingerprint density at radius 1 is 1.10 bits per heavy atom. The molecule has 0 heterocycles. The Bertz CT molecular complexity index is 670. The smallest absolute Gasteiger partial charge is 0.189 e. The van der Waals surface area contributed by atoms with Crippen LogP contribution in [0.3, 0.4) is 0 Å². The molecule has 4 N–H and O–H groups in total. The van der Waals surface area contributed by atoms with Crippen molar-refractivity contribution in [2.75, 3.05) is 5.32 Å². The lowest BCUT2D eigenvalue weighted by Gasteiger charge is -2.15. The first-order chi connectivity index (χ1) is 10.1. The number of hydrazine groups is 1. The molecule has 0 saturated heterocycles. The average molecular weight is 299 g/mol. The number of benzene rings is 2. The van der Waals surface area contributed by atoms with Gasteiger partial charge in [-0.15, -0.1) is 0 Å². The van der Waals surface area contributed by atoms with E-state index in [-0.39, 0.29) is 5.75 Å². The summed E-state index contributed by atoms with van der Waals surface area (Å²) < 4.78 is 0. The minimum absolute atomic E-state index is 0.161. The van der Waals surface area contributed by atoms with E-state index in [9.17, 15) is 5.11 Å². The Kier molecular flexibility index (Phi) is 4.79. The van der Waals surface area contributed by atoms with E-state index in [0.29, 0.717) is 16.4 Å². The quantitative estimate of drug-likeness (QED) is 0.516. The third-order valence-corrected chi connectivity index (χ3v) is 3.04. The van der Waals surface area contributed by atoms with E-state index in [0.717, 1.165) is 11.3 Å². The van der Waals surface area contributed by atoms with Gasteiger partial charge in [0.25, 0.3) is 0 Å². The molecule has 0 bridgehead atoms. The van der Waals surface area contributed by atoms with Gasteiger partial charge >= 0.3 is 0 Å². The third-order valence-electron chi connectivity index (χ3n) is 2.83. The lowest BCUT2D eigenvalue weighted by molar-refractivity contribution is 0.473. The van der Waals surface area contributed by atoms with E-state index in [1.54, 1.807) is 18.2 Å². The minimum atomic E-state index is 0.161. The summed E-state index contributed by atoms with van der Waals surface area (Å²) in [7, 11) is 0. The fourth-order valence-electron chi connectivity index (χ4n) is 1.81. The standard InChI is InChI=1S/C16H17N3OS/c1-11-6-5-7-13(10-11)17-16(21)19-18-12(2)14-8-3-4-9-15(14)20/h3-10,18,20H,2H2,1H3,(H2,17,19,21). The van der Waals surface area contributed by atoms with Gasteiger partial charge in [-0.2, -0.15) is 0 Å². The van der Waals surface area contributed by atoms with Gasteiger partial charge in [-0.05, 0) is 49.0 Å². The summed E-state index contributed by atoms with van der Waals surface area (Å²) in [5.41, 5.74) is 8.90. The molecule has 0 aliphatic heterocycles. The van der Waals surface area contributed by atoms with E-state index in [4.69, 9.17) is 12.2 Å². The monoisotopic (exact) mass is 299 g/mol. The van der Waals surface area contributed by atoms with Crippen molar-refractivity contribution in [3.8, 4) is 5.75 Å². The first kappa shape index (κ1) is 14.9. The van der Waals surface area contributed by atoms with Gasteiger partial charge in [0.1, 0.15) is 5.75 Å². The number of aryl methyl sites for hydroxylation is 1. The van der Waals surface area contributed by atoms with Crippen LogP contribution in [0, 0.1) is 6.92 Å². The summed E-state index contributed by atoms with van der Waals surface area (Å²) >= 11 is 5.19. The second-order valence-corrected chi connectivity index (χ2v) is 4.98. The van der Waals surface area contributed by atoms with Crippen molar-refractivity contribution >= 4 is 28.7 Å². The molecule has 21 heavy (non-hydrogen) atoms. The number of anilines is 1. The predicted molar refractivity (Wildman–Crippen MR) is 90.8 cm³/mol. The lowest BCUT2D eigenvalue weighted by atomic mass is 10.1. The van der Waals surface area contributed by atoms with E-state index >= 15 is 0 Å². The van der Waals surface area contributed by atoms with Crippen LogP contribution in [0.5, 0.6) is 5.75 Å². The van der Waals surface area contributed by atoms with Crippen LogP contribution in [0.15, 0.2) is 55.1 Å². The maximum absolute atomic E-state index is 9.73. The maximum Gasteiger partial charge on any atom is 0.189 e. The molecule has 0 amide bonds. The molecule has 2 aromatic rings. The zero-order valence-corrected chi connectivity index (χ0v) is 12.5. The highest BCUT2D eigenvalue weighted by Gasteiger charge is 2.04. The molecular formula is C16H17N3OS. The van der Waals surface area contributed by atoms with Crippen LogP contribution in [-0.4, -0.2) is 10.2 Å². The number of aromatic hydroxyl groups is 1. The highest BCUT2D eigenvalue weighted by molar-refractivity contribution is 7.80. The number of hydrogen-bond acceptors (Lipinski definition) is 3. The molecule has 0 atom stereocenters. The van der Waals surface area contributed by atoms with Gasteiger partial charge in [0.15, 0.2) is 5.11 Å². The molecule has 0 saturated carbocycles.